The number of rotatable bonds is 1. The van der Waals surface area contributed by atoms with Crippen molar-refractivity contribution in [3.8, 4) is 11.8 Å². The van der Waals surface area contributed by atoms with E-state index in [-0.39, 0.29) is 0 Å². The van der Waals surface area contributed by atoms with Gasteiger partial charge >= 0.3 is 0 Å². The molecule has 1 nitrogen and oxygen atoms in total. The van der Waals surface area contributed by atoms with E-state index in [0.717, 1.165) is 20.1 Å². The number of halogens is 2. The van der Waals surface area contributed by atoms with Gasteiger partial charge in [-0.2, -0.15) is 0 Å². The molecule has 0 bridgehead atoms. The van der Waals surface area contributed by atoms with E-state index in [2.05, 4.69) is 43.7 Å². The average Bonchev–Trinajstić information content (AvgIpc) is 2.36. The Morgan fingerprint density at radius 3 is 2.28 bits per heavy atom. The highest BCUT2D eigenvalue weighted by molar-refractivity contribution is 9.10. The third kappa shape index (κ3) is 3.71. The van der Waals surface area contributed by atoms with Gasteiger partial charge in [0.2, 0.25) is 0 Å². The van der Waals surface area contributed by atoms with Crippen LogP contribution in [0, 0.1) is 11.8 Å². The molecular formula is C15H10Br2O. The van der Waals surface area contributed by atoms with Crippen molar-refractivity contribution in [2.45, 2.75) is 6.10 Å². The van der Waals surface area contributed by atoms with Gasteiger partial charge in [-0.3, -0.25) is 0 Å². The molecule has 90 valence electrons. The van der Waals surface area contributed by atoms with E-state index in [0.29, 0.717) is 0 Å². The predicted molar refractivity (Wildman–Crippen MR) is 80.1 cm³/mol. The minimum atomic E-state index is -0.776. The van der Waals surface area contributed by atoms with Gasteiger partial charge in [-0.1, -0.05) is 61.9 Å². The Balaban J connectivity index is 2.20. The lowest BCUT2D eigenvalue weighted by atomic mass is 10.1. The Bertz CT molecular complexity index is 611. The molecule has 0 spiro atoms. The van der Waals surface area contributed by atoms with Crippen molar-refractivity contribution in [2.75, 3.05) is 0 Å². The van der Waals surface area contributed by atoms with Crippen LogP contribution in [0.15, 0.2) is 57.5 Å². The number of aliphatic hydroxyl groups excluding tert-OH is 1. The van der Waals surface area contributed by atoms with Crippen LogP contribution in [0.2, 0.25) is 0 Å². The van der Waals surface area contributed by atoms with Crippen molar-refractivity contribution in [3.63, 3.8) is 0 Å². The molecule has 3 heteroatoms. The lowest BCUT2D eigenvalue weighted by molar-refractivity contribution is 0.238. The van der Waals surface area contributed by atoms with Gasteiger partial charge in [0.25, 0.3) is 0 Å². The van der Waals surface area contributed by atoms with Crippen LogP contribution in [0.1, 0.15) is 17.2 Å². The van der Waals surface area contributed by atoms with Crippen molar-refractivity contribution in [1.82, 2.24) is 0 Å². The lowest BCUT2D eigenvalue weighted by Crippen LogP contribution is -1.93. The second-order valence-electron chi connectivity index (χ2n) is 3.74. The first-order valence-corrected chi connectivity index (χ1v) is 6.94. The van der Waals surface area contributed by atoms with Gasteiger partial charge in [-0.15, -0.1) is 0 Å². The predicted octanol–water partition coefficient (Wildman–Crippen LogP) is 4.30. The maximum atomic E-state index is 9.97. The molecule has 1 N–H and O–H groups in total. The number of benzene rings is 2. The van der Waals surface area contributed by atoms with Crippen LogP contribution in [0.4, 0.5) is 0 Å². The molecule has 0 aliphatic heterocycles. The van der Waals surface area contributed by atoms with Crippen molar-refractivity contribution < 1.29 is 5.11 Å². The van der Waals surface area contributed by atoms with Crippen molar-refractivity contribution >= 4 is 31.9 Å². The number of hydrogen-bond acceptors (Lipinski definition) is 1. The van der Waals surface area contributed by atoms with Gasteiger partial charge < -0.3 is 5.11 Å². The smallest absolute Gasteiger partial charge is 0.140 e. The van der Waals surface area contributed by atoms with Gasteiger partial charge in [0, 0.05) is 14.5 Å². The van der Waals surface area contributed by atoms with Crippen LogP contribution >= 0.6 is 31.9 Å². The lowest BCUT2D eigenvalue weighted by Gasteiger charge is -2.03. The van der Waals surface area contributed by atoms with E-state index in [1.54, 1.807) is 0 Å². The van der Waals surface area contributed by atoms with Gasteiger partial charge in [0.05, 0.1) is 0 Å². The minimum absolute atomic E-state index is 0.776. The summed E-state index contributed by atoms with van der Waals surface area (Å²) in [6.45, 7) is 0. The van der Waals surface area contributed by atoms with Crippen LogP contribution in [-0.4, -0.2) is 5.11 Å². The standard InChI is InChI=1S/C15H10Br2O/c16-13-5-1-3-11(9-13)7-8-15(18)12-4-2-6-14(17)10-12/h1-6,9-10,15,18H/t15-/m0/s1. The highest BCUT2D eigenvalue weighted by Crippen LogP contribution is 2.18. The zero-order valence-electron chi connectivity index (χ0n) is 9.40. The van der Waals surface area contributed by atoms with Crippen molar-refractivity contribution in [3.05, 3.63) is 68.6 Å². The second-order valence-corrected chi connectivity index (χ2v) is 5.57. The summed E-state index contributed by atoms with van der Waals surface area (Å²) >= 11 is 6.76. The molecular weight excluding hydrogens is 356 g/mol. The summed E-state index contributed by atoms with van der Waals surface area (Å²) in [4.78, 5) is 0. The van der Waals surface area contributed by atoms with Crippen LogP contribution in [0.3, 0.4) is 0 Å². The molecule has 2 aromatic rings. The molecule has 0 radical (unpaired) electrons. The zero-order chi connectivity index (χ0) is 13.0. The van der Waals surface area contributed by atoms with Crippen LogP contribution in [-0.2, 0) is 0 Å². The van der Waals surface area contributed by atoms with E-state index in [1.807, 2.05) is 48.5 Å². The number of aliphatic hydroxyl groups is 1. The highest BCUT2D eigenvalue weighted by atomic mass is 79.9. The second kappa shape index (κ2) is 6.19. The van der Waals surface area contributed by atoms with E-state index >= 15 is 0 Å². The molecule has 0 saturated heterocycles. The van der Waals surface area contributed by atoms with Crippen LogP contribution < -0.4 is 0 Å². The summed E-state index contributed by atoms with van der Waals surface area (Å²) in [5.41, 5.74) is 1.66. The summed E-state index contributed by atoms with van der Waals surface area (Å²) in [6, 6.07) is 15.2. The third-order valence-corrected chi connectivity index (χ3v) is 3.33. The Kier molecular flexibility index (Phi) is 4.60. The Hall–Kier alpha value is -1.08. The summed E-state index contributed by atoms with van der Waals surface area (Å²) in [5.74, 6) is 5.79. The molecule has 0 aliphatic rings. The Labute approximate surface area is 123 Å². The molecule has 1 atom stereocenters. The van der Waals surface area contributed by atoms with Crippen LogP contribution in [0.5, 0.6) is 0 Å². The molecule has 0 saturated carbocycles. The fourth-order valence-electron chi connectivity index (χ4n) is 1.48. The molecule has 0 heterocycles. The van der Waals surface area contributed by atoms with E-state index < -0.39 is 6.10 Å². The summed E-state index contributed by atoms with van der Waals surface area (Å²) in [5, 5.41) is 9.97. The molecule has 0 fully saturated rings. The molecule has 0 aliphatic carbocycles. The number of hydrogen-bond donors (Lipinski definition) is 1. The Morgan fingerprint density at radius 2 is 1.61 bits per heavy atom. The van der Waals surface area contributed by atoms with E-state index in [1.165, 1.54) is 0 Å². The van der Waals surface area contributed by atoms with Crippen molar-refractivity contribution in [1.29, 1.82) is 0 Å². The first kappa shape index (κ1) is 13.4. The molecule has 2 aromatic carbocycles. The summed E-state index contributed by atoms with van der Waals surface area (Å²) in [6.07, 6.45) is -0.776. The van der Waals surface area contributed by atoms with E-state index in [4.69, 9.17) is 0 Å². The zero-order valence-corrected chi connectivity index (χ0v) is 12.6. The van der Waals surface area contributed by atoms with E-state index in [9.17, 15) is 5.11 Å². The molecule has 2 rings (SSSR count). The quantitative estimate of drug-likeness (QED) is 0.747. The largest absolute Gasteiger partial charge is 0.376 e. The first-order chi connectivity index (χ1) is 8.65. The van der Waals surface area contributed by atoms with Crippen molar-refractivity contribution in [2.24, 2.45) is 0 Å². The molecule has 0 amide bonds. The van der Waals surface area contributed by atoms with Gasteiger partial charge in [0.1, 0.15) is 6.10 Å². The SMILES string of the molecule is O[C@@H](C#Cc1cccc(Br)c1)c1cccc(Br)c1. The van der Waals surface area contributed by atoms with Gasteiger partial charge in [-0.25, -0.2) is 0 Å². The normalized spacial score (nSPS) is 11.5. The maximum Gasteiger partial charge on any atom is 0.140 e. The summed E-state index contributed by atoms with van der Waals surface area (Å²) < 4.78 is 1.91. The average molecular weight is 366 g/mol. The topological polar surface area (TPSA) is 20.2 Å². The fraction of sp³-hybridized carbons (Fsp3) is 0.0667. The van der Waals surface area contributed by atoms with Crippen LogP contribution in [0.25, 0.3) is 0 Å². The summed E-state index contributed by atoms with van der Waals surface area (Å²) in [7, 11) is 0. The molecule has 0 unspecified atom stereocenters. The minimum Gasteiger partial charge on any atom is -0.376 e. The monoisotopic (exact) mass is 364 g/mol. The molecule has 0 aromatic heterocycles. The highest BCUT2D eigenvalue weighted by Gasteiger charge is 2.03. The van der Waals surface area contributed by atoms with Gasteiger partial charge in [0.15, 0.2) is 0 Å². The maximum absolute atomic E-state index is 9.97. The molecule has 18 heavy (non-hydrogen) atoms. The first-order valence-electron chi connectivity index (χ1n) is 5.36. The fourth-order valence-corrected chi connectivity index (χ4v) is 2.29. The van der Waals surface area contributed by atoms with Gasteiger partial charge in [-0.05, 0) is 35.9 Å². The third-order valence-electron chi connectivity index (χ3n) is 2.34. The Morgan fingerprint density at radius 1 is 0.944 bits per heavy atom.